The van der Waals surface area contributed by atoms with Crippen molar-refractivity contribution in [1.29, 1.82) is 0 Å². The number of rotatable bonds is 5. The Balaban J connectivity index is 2.00. The highest BCUT2D eigenvalue weighted by atomic mass is 32.1. The van der Waals surface area contributed by atoms with E-state index in [0.29, 0.717) is 6.54 Å². The Bertz CT molecular complexity index is 587. The van der Waals surface area contributed by atoms with Crippen LogP contribution in [0.15, 0.2) is 29.8 Å². The monoisotopic (exact) mass is 294 g/mol. The molecule has 0 aliphatic carbocycles. The minimum Gasteiger partial charge on any atom is -0.465 e. The lowest BCUT2D eigenvalue weighted by Crippen LogP contribution is -2.18. The molecule has 0 aliphatic rings. The van der Waals surface area contributed by atoms with Gasteiger partial charge in [0.05, 0.1) is 18.7 Å². The van der Waals surface area contributed by atoms with E-state index >= 15 is 0 Å². The molecule has 0 amide bonds. The number of methoxy groups -OCH3 is 1. The van der Waals surface area contributed by atoms with Crippen LogP contribution in [-0.2, 0) is 11.3 Å². The number of benzene rings is 1. The van der Waals surface area contributed by atoms with Crippen LogP contribution in [0.2, 0.25) is 0 Å². The molecule has 1 aromatic carbocycles. The highest BCUT2D eigenvalue weighted by molar-refractivity contribution is 7.09. The zero-order chi connectivity index (χ0) is 14.5. The molecule has 0 spiro atoms. The molecule has 20 heavy (non-hydrogen) atoms. The van der Waals surface area contributed by atoms with Crippen molar-refractivity contribution >= 4 is 17.3 Å². The molecule has 0 aliphatic heterocycles. The van der Waals surface area contributed by atoms with E-state index in [1.54, 1.807) is 23.6 Å². The van der Waals surface area contributed by atoms with Crippen molar-refractivity contribution < 1.29 is 13.9 Å². The van der Waals surface area contributed by atoms with E-state index in [2.05, 4.69) is 15.0 Å². The summed E-state index contributed by atoms with van der Waals surface area (Å²) in [5.41, 5.74) is 0.711. The molecule has 6 heteroatoms. The zero-order valence-corrected chi connectivity index (χ0v) is 12.0. The Kier molecular flexibility index (Phi) is 4.81. The third kappa shape index (κ3) is 3.40. The van der Waals surface area contributed by atoms with Crippen molar-refractivity contribution in [1.82, 2.24) is 10.3 Å². The van der Waals surface area contributed by atoms with Crippen LogP contribution in [0.4, 0.5) is 4.39 Å². The highest BCUT2D eigenvalue weighted by Crippen LogP contribution is 2.16. The van der Waals surface area contributed by atoms with Gasteiger partial charge >= 0.3 is 5.97 Å². The summed E-state index contributed by atoms with van der Waals surface area (Å²) in [6.45, 7) is 2.50. The second-order valence-corrected chi connectivity index (χ2v) is 5.20. The fourth-order valence-corrected chi connectivity index (χ4v) is 2.42. The van der Waals surface area contributed by atoms with Gasteiger partial charge in [0.1, 0.15) is 10.8 Å². The normalized spacial score (nSPS) is 12.2. The molecule has 0 saturated heterocycles. The summed E-state index contributed by atoms with van der Waals surface area (Å²) in [6.07, 6.45) is 1.75. The second-order valence-electron chi connectivity index (χ2n) is 4.28. The quantitative estimate of drug-likeness (QED) is 0.861. The number of halogens is 1. The number of hydrogen-bond acceptors (Lipinski definition) is 5. The summed E-state index contributed by atoms with van der Waals surface area (Å²) in [7, 11) is 1.23. The maximum absolute atomic E-state index is 13.7. The number of carbonyl (C=O) groups is 1. The van der Waals surface area contributed by atoms with Crippen LogP contribution in [0.5, 0.6) is 0 Å². The highest BCUT2D eigenvalue weighted by Gasteiger charge is 2.13. The Morgan fingerprint density at radius 3 is 2.95 bits per heavy atom. The van der Waals surface area contributed by atoms with Crippen LogP contribution < -0.4 is 5.32 Å². The van der Waals surface area contributed by atoms with Gasteiger partial charge in [-0.1, -0.05) is 6.07 Å². The SMILES string of the molecule is COC(=O)c1ccc(CNC(C)c2nccs2)cc1F. The number of carbonyl (C=O) groups excluding carboxylic acids is 1. The predicted molar refractivity (Wildman–Crippen MR) is 75.1 cm³/mol. The van der Waals surface area contributed by atoms with Crippen LogP contribution in [0.1, 0.15) is 33.9 Å². The third-order valence-corrected chi connectivity index (χ3v) is 3.83. The Morgan fingerprint density at radius 1 is 1.55 bits per heavy atom. The molecular weight excluding hydrogens is 279 g/mol. The molecule has 0 bridgehead atoms. The van der Waals surface area contributed by atoms with Gasteiger partial charge in [-0.05, 0) is 24.6 Å². The van der Waals surface area contributed by atoms with Gasteiger partial charge in [0.2, 0.25) is 0 Å². The topological polar surface area (TPSA) is 51.2 Å². The average molecular weight is 294 g/mol. The van der Waals surface area contributed by atoms with Gasteiger partial charge in [-0.2, -0.15) is 0 Å². The largest absolute Gasteiger partial charge is 0.465 e. The van der Waals surface area contributed by atoms with Crippen molar-refractivity contribution in [2.75, 3.05) is 7.11 Å². The number of thiazole rings is 1. The lowest BCUT2D eigenvalue weighted by Gasteiger charge is -2.11. The predicted octanol–water partition coefficient (Wildman–Crippen LogP) is 2.92. The molecule has 106 valence electrons. The van der Waals surface area contributed by atoms with E-state index in [0.717, 1.165) is 10.6 Å². The number of esters is 1. The molecule has 2 rings (SSSR count). The summed E-state index contributed by atoms with van der Waals surface area (Å²) in [5.74, 6) is -1.24. The minimum atomic E-state index is -0.668. The second kappa shape index (κ2) is 6.58. The summed E-state index contributed by atoms with van der Waals surface area (Å²) in [6, 6.07) is 4.58. The lowest BCUT2D eigenvalue weighted by molar-refractivity contribution is 0.0595. The first-order valence-electron chi connectivity index (χ1n) is 6.11. The van der Waals surface area contributed by atoms with E-state index in [1.165, 1.54) is 19.2 Å². The smallest absolute Gasteiger partial charge is 0.340 e. The molecule has 1 unspecified atom stereocenters. The maximum Gasteiger partial charge on any atom is 0.340 e. The summed E-state index contributed by atoms with van der Waals surface area (Å²) in [5, 5.41) is 6.15. The van der Waals surface area contributed by atoms with Crippen LogP contribution in [0.25, 0.3) is 0 Å². The summed E-state index contributed by atoms with van der Waals surface area (Å²) in [4.78, 5) is 15.5. The van der Waals surface area contributed by atoms with E-state index < -0.39 is 11.8 Å². The zero-order valence-electron chi connectivity index (χ0n) is 11.2. The molecule has 0 radical (unpaired) electrons. The number of nitrogens with one attached hydrogen (secondary N) is 1. The number of nitrogens with zero attached hydrogens (tertiary/aromatic N) is 1. The van der Waals surface area contributed by atoms with Crippen molar-refractivity contribution in [2.24, 2.45) is 0 Å². The fourth-order valence-electron chi connectivity index (χ4n) is 1.75. The Morgan fingerprint density at radius 2 is 2.35 bits per heavy atom. The molecule has 0 fully saturated rings. The van der Waals surface area contributed by atoms with Crippen molar-refractivity contribution in [3.05, 3.63) is 51.7 Å². The van der Waals surface area contributed by atoms with Crippen molar-refractivity contribution in [2.45, 2.75) is 19.5 Å². The van der Waals surface area contributed by atoms with E-state index in [-0.39, 0.29) is 11.6 Å². The molecular formula is C14H15FN2O2S. The van der Waals surface area contributed by atoms with Gasteiger partial charge in [-0.15, -0.1) is 11.3 Å². The van der Waals surface area contributed by atoms with Crippen LogP contribution >= 0.6 is 11.3 Å². The lowest BCUT2D eigenvalue weighted by atomic mass is 10.1. The van der Waals surface area contributed by atoms with Crippen molar-refractivity contribution in [3.8, 4) is 0 Å². The first-order chi connectivity index (χ1) is 9.61. The molecule has 4 nitrogen and oxygen atoms in total. The summed E-state index contributed by atoms with van der Waals surface area (Å²) >= 11 is 1.57. The standard InChI is InChI=1S/C14H15FN2O2S/c1-9(13-16-5-6-20-13)17-8-10-3-4-11(12(15)7-10)14(18)19-2/h3-7,9,17H,8H2,1-2H3. The molecule has 2 aromatic rings. The van der Waals surface area contributed by atoms with Gasteiger partial charge in [-0.25, -0.2) is 14.2 Å². The third-order valence-electron chi connectivity index (χ3n) is 2.87. The first kappa shape index (κ1) is 14.6. The van der Waals surface area contributed by atoms with Gasteiger partial charge in [0.25, 0.3) is 0 Å². The van der Waals surface area contributed by atoms with E-state index in [1.807, 2.05) is 12.3 Å². The van der Waals surface area contributed by atoms with E-state index in [9.17, 15) is 9.18 Å². The van der Waals surface area contributed by atoms with Crippen LogP contribution in [-0.4, -0.2) is 18.1 Å². The van der Waals surface area contributed by atoms with Gasteiger partial charge in [0.15, 0.2) is 0 Å². The Labute approximate surface area is 120 Å². The fraction of sp³-hybridized carbons (Fsp3) is 0.286. The van der Waals surface area contributed by atoms with E-state index in [4.69, 9.17) is 0 Å². The van der Waals surface area contributed by atoms with Gasteiger partial charge < -0.3 is 10.1 Å². The minimum absolute atomic E-state index is 0.0516. The summed E-state index contributed by atoms with van der Waals surface area (Å²) < 4.78 is 18.2. The number of aromatic nitrogens is 1. The maximum atomic E-state index is 13.7. The molecule has 1 heterocycles. The molecule has 0 saturated carbocycles. The first-order valence-corrected chi connectivity index (χ1v) is 6.99. The molecule has 1 N–H and O–H groups in total. The molecule has 1 atom stereocenters. The van der Waals surface area contributed by atoms with Gasteiger partial charge in [-0.3, -0.25) is 0 Å². The number of hydrogen-bond donors (Lipinski definition) is 1. The van der Waals surface area contributed by atoms with Crippen LogP contribution in [0, 0.1) is 5.82 Å². The van der Waals surface area contributed by atoms with Crippen molar-refractivity contribution in [3.63, 3.8) is 0 Å². The number of ether oxygens (including phenoxy) is 1. The average Bonchev–Trinajstić information content (AvgIpc) is 2.98. The van der Waals surface area contributed by atoms with Gasteiger partial charge in [0, 0.05) is 18.1 Å². The Hall–Kier alpha value is -1.79. The molecule has 1 aromatic heterocycles. The van der Waals surface area contributed by atoms with Crippen LogP contribution in [0.3, 0.4) is 0 Å².